The van der Waals surface area contributed by atoms with Crippen molar-refractivity contribution in [3.63, 3.8) is 0 Å². The molecule has 0 aliphatic heterocycles. The first-order chi connectivity index (χ1) is 22.4. The highest BCUT2D eigenvalue weighted by molar-refractivity contribution is 14.2. The maximum Gasteiger partial charge on any atom is 0.333 e. The molecule has 15 nitrogen and oxygen atoms in total. The van der Waals surface area contributed by atoms with Crippen molar-refractivity contribution in [2.45, 2.75) is 64.4 Å². The first kappa shape index (κ1) is 48.7. The number of ether oxygens (including phenoxy) is 8. The third kappa shape index (κ3) is 24.7. The minimum Gasteiger partial charge on any atom is -0.462 e. The molecule has 0 aromatic carbocycles. The average molecular weight is 942 g/mol. The van der Waals surface area contributed by atoms with E-state index >= 15 is 0 Å². The van der Waals surface area contributed by atoms with Gasteiger partial charge in [0.25, 0.3) is 0 Å². The molecule has 0 aliphatic carbocycles. The SMILES string of the molecule is [B]P(I)C(CC(=O)OCCOC(=O)C(=C)C)C(=O)OC(C)OC.[B]P(I)C(CC(=O)OCCOC(=O)C(=C)C)C(=O)OC(C)OCCO. The first-order valence-electron chi connectivity index (χ1n) is 13.9. The first-order valence-corrected chi connectivity index (χ1v) is 22.4. The predicted molar refractivity (Wildman–Crippen MR) is 195 cm³/mol. The van der Waals surface area contributed by atoms with Crippen molar-refractivity contribution >= 4 is 106 Å². The van der Waals surface area contributed by atoms with Gasteiger partial charge in [-0.05, 0) is 27.7 Å². The summed E-state index contributed by atoms with van der Waals surface area (Å²) in [6, 6.07) is 0. The van der Waals surface area contributed by atoms with Crippen LogP contribution in [0.15, 0.2) is 24.3 Å². The van der Waals surface area contributed by atoms with E-state index < -0.39 is 70.6 Å². The molecule has 0 saturated carbocycles. The predicted octanol–water partition coefficient (Wildman–Crippen LogP) is 3.08. The fourth-order valence-electron chi connectivity index (χ4n) is 2.59. The molecule has 0 bridgehead atoms. The Kier molecular flexibility index (Phi) is 28.8. The molecule has 48 heavy (non-hydrogen) atoms. The summed E-state index contributed by atoms with van der Waals surface area (Å²) in [6.45, 7) is 12.3. The number of hydrogen-bond acceptors (Lipinski definition) is 15. The third-order valence-electron chi connectivity index (χ3n) is 5.06. The van der Waals surface area contributed by atoms with Crippen LogP contribution in [0.5, 0.6) is 0 Å². The number of esters is 6. The van der Waals surface area contributed by atoms with Crippen molar-refractivity contribution in [1.82, 2.24) is 0 Å². The Morgan fingerprint density at radius 1 is 0.688 bits per heavy atom. The Bertz CT molecular complexity index is 1080. The molecule has 6 unspecified atom stereocenters. The van der Waals surface area contributed by atoms with E-state index in [0.29, 0.717) is 0 Å². The number of hydrogen-bond donors (Lipinski definition) is 1. The maximum absolute atomic E-state index is 12.1. The zero-order chi connectivity index (χ0) is 37.4. The highest BCUT2D eigenvalue weighted by atomic mass is 127. The van der Waals surface area contributed by atoms with Gasteiger partial charge in [0.1, 0.15) is 41.6 Å². The van der Waals surface area contributed by atoms with E-state index in [9.17, 15) is 28.8 Å². The fraction of sp³-hybridized carbons (Fsp3) is 0.630. The minimum atomic E-state index is -1.32. The Labute approximate surface area is 311 Å². The minimum absolute atomic E-state index is 0.0195. The van der Waals surface area contributed by atoms with Gasteiger partial charge in [0.15, 0.2) is 12.6 Å². The molecule has 0 heterocycles. The summed E-state index contributed by atoms with van der Waals surface area (Å²) in [5, 5.41) is 8.65. The van der Waals surface area contributed by atoms with Gasteiger partial charge in [-0.2, -0.15) is 0 Å². The van der Waals surface area contributed by atoms with Crippen molar-refractivity contribution in [3.05, 3.63) is 24.3 Å². The number of aliphatic hydroxyl groups excluding tert-OH is 1. The number of carbonyl (C=O) groups is 6. The Balaban J connectivity index is 0. The van der Waals surface area contributed by atoms with Crippen LogP contribution in [-0.2, 0) is 66.7 Å². The lowest BCUT2D eigenvalue weighted by Crippen LogP contribution is -2.29. The molecule has 268 valence electrons. The normalized spacial score (nSPS) is 14.2. The van der Waals surface area contributed by atoms with E-state index in [4.69, 9.17) is 58.1 Å². The van der Waals surface area contributed by atoms with E-state index in [-0.39, 0.29) is 63.6 Å². The van der Waals surface area contributed by atoms with Gasteiger partial charge in [-0.15, -0.1) is 0 Å². The van der Waals surface area contributed by atoms with Crippen molar-refractivity contribution < 1.29 is 71.8 Å². The van der Waals surface area contributed by atoms with Crippen molar-refractivity contribution in [2.24, 2.45) is 0 Å². The van der Waals surface area contributed by atoms with Crippen LogP contribution >= 0.6 is 55.0 Å². The molecule has 0 rings (SSSR count). The molecule has 0 amide bonds. The van der Waals surface area contributed by atoms with Crippen LogP contribution < -0.4 is 0 Å². The maximum atomic E-state index is 12.1. The van der Waals surface area contributed by atoms with Gasteiger partial charge in [-0.1, -0.05) is 68.1 Å². The number of aliphatic hydroxyl groups is 1. The zero-order valence-electron chi connectivity index (χ0n) is 27.3. The van der Waals surface area contributed by atoms with Crippen molar-refractivity contribution in [1.29, 1.82) is 0 Å². The highest BCUT2D eigenvalue weighted by Crippen LogP contribution is 2.47. The summed E-state index contributed by atoms with van der Waals surface area (Å²) < 4.78 is 39.2. The lowest BCUT2D eigenvalue weighted by molar-refractivity contribution is -0.176. The standard InChI is InChI=1S/C14H21BIO8P.C13H19BIO7P/c1-9(2)13(19)23-7-6-22-12(18)8-11(25(15)16)14(20)24-10(3)21-5-4-17;1-8(2)12(17)21-6-5-20-11(16)7-10(23(14)15)13(18)22-9(3)19-4/h10-11,17H,1,4-8H2,2-3H3;9-10H,1,5-7H2,2-4H3. The van der Waals surface area contributed by atoms with Crippen LogP contribution in [-0.4, -0.2) is 127 Å². The van der Waals surface area contributed by atoms with Crippen LogP contribution in [0, 0.1) is 0 Å². The molecule has 0 aromatic heterocycles. The lowest BCUT2D eigenvalue weighted by atomic mass is 10.3. The number of rotatable bonds is 22. The van der Waals surface area contributed by atoms with Gasteiger partial charge < -0.3 is 43.0 Å². The van der Waals surface area contributed by atoms with E-state index in [1.807, 2.05) is 44.1 Å². The molecule has 1 N–H and O–H groups in total. The van der Waals surface area contributed by atoms with Crippen LogP contribution in [0.25, 0.3) is 0 Å². The average Bonchev–Trinajstić information content (AvgIpc) is 3.01. The van der Waals surface area contributed by atoms with Gasteiger partial charge in [0.05, 0.1) is 37.4 Å². The van der Waals surface area contributed by atoms with Gasteiger partial charge in [0, 0.05) is 18.3 Å². The van der Waals surface area contributed by atoms with Gasteiger partial charge in [-0.3, -0.25) is 19.2 Å². The van der Waals surface area contributed by atoms with Crippen LogP contribution in [0.3, 0.4) is 0 Å². The zero-order valence-corrected chi connectivity index (χ0v) is 33.5. The Morgan fingerprint density at radius 3 is 1.35 bits per heavy atom. The fourth-order valence-corrected chi connectivity index (χ4v) is 6.30. The number of methoxy groups -OCH3 is 1. The molecule has 6 atom stereocenters. The van der Waals surface area contributed by atoms with Crippen molar-refractivity contribution in [3.8, 4) is 0 Å². The summed E-state index contributed by atoms with van der Waals surface area (Å²) in [5.41, 5.74) is -3.75. The number of carbonyl (C=O) groups excluding carboxylic acids is 6. The largest absolute Gasteiger partial charge is 0.462 e. The summed E-state index contributed by atoms with van der Waals surface area (Å²) in [6.07, 6.45) is -2.07. The summed E-state index contributed by atoms with van der Waals surface area (Å²) in [7, 11) is 12.9. The number of halogens is 2. The molecular weight excluding hydrogens is 902 g/mol. The van der Waals surface area contributed by atoms with Crippen LogP contribution in [0.1, 0.15) is 40.5 Å². The van der Waals surface area contributed by atoms with E-state index in [1.165, 1.54) is 27.9 Å². The van der Waals surface area contributed by atoms with Crippen LogP contribution in [0.2, 0.25) is 0 Å². The quantitative estimate of drug-likeness (QED) is 0.0243. The van der Waals surface area contributed by atoms with Gasteiger partial charge >= 0.3 is 35.8 Å². The second-order valence-corrected chi connectivity index (χ2v) is 18.5. The second-order valence-electron chi connectivity index (χ2n) is 9.24. The summed E-state index contributed by atoms with van der Waals surface area (Å²) in [5.74, 6) is -3.72. The molecule has 0 aliphatic rings. The van der Waals surface area contributed by atoms with Crippen molar-refractivity contribution in [2.75, 3.05) is 46.8 Å². The molecule has 0 fully saturated rings. The topological polar surface area (TPSA) is 196 Å². The second kappa shape index (κ2) is 28.3. The monoisotopic (exact) mass is 942 g/mol. The summed E-state index contributed by atoms with van der Waals surface area (Å²) >= 11 is 3.75. The van der Waals surface area contributed by atoms with E-state index in [2.05, 4.69) is 13.2 Å². The Hall–Kier alpha value is -1.37. The van der Waals surface area contributed by atoms with Gasteiger partial charge in [0.2, 0.25) is 0 Å². The smallest absolute Gasteiger partial charge is 0.333 e. The molecule has 0 spiro atoms. The van der Waals surface area contributed by atoms with Crippen LogP contribution in [0.4, 0.5) is 0 Å². The lowest BCUT2D eigenvalue weighted by Gasteiger charge is -2.21. The Morgan fingerprint density at radius 2 is 1.04 bits per heavy atom. The van der Waals surface area contributed by atoms with Gasteiger partial charge in [-0.25, -0.2) is 9.59 Å². The molecular formula is C27H40B2I2O15P2. The molecule has 21 heteroatoms. The molecule has 0 aromatic rings. The molecule has 4 radical (unpaired) electrons. The molecule has 0 saturated heterocycles. The third-order valence-corrected chi connectivity index (χ3v) is 11.1. The van der Waals surface area contributed by atoms with E-state index in [0.717, 1.165) is 0 Å². The highest BCUT2D eigenvalue weighted by Gasteiger charge is 2.30. The summed E-state index contributed by atoms with van der Waals surface area (Å²) in [4.78, 5) is 69.8. The van der Waals surface area contributed by atoms with E-state index in [1.54, 1.807) is 6.92 Å².